The molecule has 0 saturated carbocycles. The van der Waals surface area contributed by atoms with E-state index in [2.05, 4.69) is 34.0 Å². The lowest BCUT2D eigenvalue weighted by atomic mass is 10.1. The lowest BCUT2D eigenvalue weighted by Gasteiger charge is -2.17. The zero-order valence-corrected chi connectivity index (χ0v) is 18.9. The van der Waals surface area contributed by atoms with Crippen LogP contribution in [0.3, 0.4) is 0 Å². The van der Waals surface area contributed by atoms with E-state index in [1.807, 2.05) is 38.1 Å². The Bertz CT molecular complexity index is 689. The van der Waals surface area contributed by atoms with Crippen LogP contribution in [-0.2, 0) is 13.1 Å². The topological polar surface area (TPSA) is 39.7 Å². The van der Waals surface area contributed by atoms with Crippen molar-refractivity contribution in [3.05, 3.63) is 57.5 Å². The highest BCUT2D eigenvalue weighted by Gasteiger charge is 2.09. The summed E-state index contributed by atoms with van der Waals surface area (Å²) in [5, 5.41) is 8.75. The van der Waals surface area contributed by atoms with Crippen molar-refractivity contribution in [3.8, 4) is 0 Å². The molecule has 0 amide bonds. The maximum Gasteiger partial charge on any atom is 0.192 e. The number of hydrogen-bond acceptors (Lipinski definition) is 3. The Morgan fingerprint density at radius 2 is 2.08 bits per heavy atom. The van der Waals surface area contributed by atoms with Crippen LogP contribution in [0.4, 0.5) is 4.39 Å². The third kappa shape index (κ3) is 7.20. The smallest absolute Gasteiger partial charge is 0.192 e. The summed E-state index contributed by atoms with van der Waals surface area (Å²) in [4.78, 5) is 7.87. The number of nitrogens with zero attached hydrogens (tertiary/aromatic N) is 2. The van der Waals surface area contributed by atoms with Gasteiger partial charge in [0, 0.05) is 23.5 Å². The summed E-state index contributed by atoms with van der Waals surface area (Å²) in [6, 6.07) is 9.57. The first-order valence-corrected chi connectivity index (χ1v) is 9.37. The summed E-state index contributed by atoms with van der Waals surface area (Å²) in [7, 11) is 3.87. The predicted molar refractivity (Wildman–Crippen MR) is 120 cm³/mol. The molecule has 0 aliphatic carbocycles. The van der Waals surface area contributed by atoms with E-state index in [1.165, 1.54) is 10.9 Å². The number of nitrogens with one attached hydrogen (secondary N) is 2. The van der Waals surface area contributed by atoms with E-state index in [1.54, 1.807) is 17.4 Å². The van der Waals surface area contributed by atoms with Crippen molar-refractivity contribution in [3.63, 3.8) is 0 Å². The van der Waals surface area contributed by atoms with E-state index in [-0.39, 0.29) is 35.8 Å². The fourth-order valence-corrected chi connectivity index (χ4v) is 3.23. The van der Waals surface area contributed by atoms with Gasteiger partial charge < -0.3 is 15.5 Å². The Morgan fingerprint density at radius 1 is 1.31 bits per heavy atom. The Morgan fingerprint density at radius 3 is 2.69 bits per heavy atom. The van der Waals surface area contributed by atoms with Crippen molar-refractivity contribution >= 4 is 41.3 Å². The molecule has 0 radical (unpaired) electrons. The van der Waals surface area contributed by atoms with Crippen LogP contribution in [0.5, 0.6) is 0 Å². The average molecular weight is 490 g/mol. The molecular formula is C19H28FIN4S. The van der Waals surface area contributed by atoms with Crippen molar-refractivity contribution in [1.29, 1.82) is 0 Å². The minimum absolute atomic E-state index is 0. The van der Waals surface area contributed by atoms with Gasteiger partial charge in [-0.05, 0) is 57.1 Å². The molecular weight excluding hydrogens is 462 g/mol. The van der Waals surface area contributed by atoms with Gasteiger partial charge in [-0.2, -0.15) is 0 Å². The first-order valence-electron chi connectivity index (χ1n) is 8.50. The molecule has 0 aliphatic rings. The van der Waals surface area contributed by atoms with Gasteiger partial charge in [0.15, 0.2) is 5.96 Å². The van der Waals surface area contributed by atoms with Gasteiger partial charge in [0.2, 0.25) is 0 Å². The van der Waals surface area contributed by atoms with Crippen LogP contribution in [0.1, 0.15) is 35.9 Å². The fourth-order valence-electron chi connectivity index (χ4n) is 2.49. The number of aliphatic imine (C=N–C) groups is 1. The summed E-state index contributed by atoms with van der Waals surface area (Å²) >= 11 is 1.72. The maximum absolute atomic E-state index is 13.9. The second-order valence-corrected chi connectivity index (χ2v) is 7.22. The summed E-state index contributed by atoms with van der Waals surface area (Å²) < 4.78 is 13.9. The largest absolute Gasteiger partial charge is 0.357 e. The SMILES string of the molecule is CCNC(=NCc1ccc(F)c(CN(C)C)c1)NC(C)c1cccs1.I. The summed E-state index contributed by atoms with van der Waals surface area (Å²) in [5.41, 5.74) is 1.70. The first kappa shape index (κ1) is 22.9. The number of guanidine groups is 1. The second kappa shape index (κ2) is 11.5. The van der Waals surface area contributed by atoms with Gasteiger partial charge in [-0.1, -0.05) is 12.1 Å². The first-order chi connectivity index (χ1) is 12.0. The minimum Gasteiger partial charge on any atom is -0.357 e. The fraction of sp³-hybridized carbons (Fsp3) is 0.421. The van der Waals surface area contributed by atoms with E-state index >= 15 is 0 Å². The molecule has 0 aliphatic heterocycles. The standard InChI is InChI=1S/C19H27FN4S.HI/c1-5-21-19(23-14(2)18-7-6-10-25-18)22-12-15-8-9-17(20)16(11-15)13-24(3)4;/h6-11,14H,5,12-13H2,1-4H3,(H2,21,22,23);1H. The summed E-state index contributed by atoms with van der Waals surface area (Å²) in [6.45, 7) is 6.04. The lowest BCUT2D eigenvalue weighted by molar-refractivity contribution is 0.392. The molecule has 4 nitrogen and oxygen atoms in total. The molecule has 0 spiro atoms. The maximum atomic E-state index is 13.9. The minimum atomic E-state index is -0.169. The molecule has 2 rings (SSSR count). The molecule has 1 aromatic heterocycles. The Hall–Kier alpha value is -1.19. The van der Waals surface area contributed by atoms with Crippen LogP contribution in [0.25, 0.3) is 0 Å². The molecule has 1 aromatic carbocycles. The quantitative estimate of drug-likeness (QED) is 0.344. The molecule has 26 heavy (non-hydrogen) atoms. The number of benzene rings is 1. The Balaban J connectivity index is 0.00000338. The molecule has 1 unspecified atom stereocenters. The summed E-state index contributed by atoms with van der Waals surface area (Å²) in [5.74, 6) is 0.597. The highest BCUT2D eigenvalue weighted by atomic mass is 127. The average Bonchev–Trinajstić information content (AvgIpc) is 3.09. The van der Waals surface area contributed by atoms with E-state index < -0.39 is 0 Å². The van der Waals surface area contributed by atoms with Crippen molar-refractivity contribution in [2.75, 3.05) is 20.6 Å². The third-order valence-corrected chi connectivity index (χ3v) is 4.74. The van der Waals surface area contributed by atoms with Gasteiger partial charge in [-0.15, -0.1) is 35.3 Å². The predicted octanol–water partition coefficient (Wildman–Crippen LogP) is 4.38. The normalized spacial score (nSPS) is 12.6. The molecule has 7 heteroatoms. The molecule has 0 fully saturated rings. The molecule has 2 N–H and O–H groups in total. The number of thiophene rings is 1. The van der Waals surface area contributed by atoms with Crippen molar-refractivity contribution in [2.45, 2.75) is 33.0 Å². The van der Waals surface area contributed by atoms with E-state index in [4.69, 9.17) is 0 Å². The molecule has 1 atom stereocenters. The van der Waals surface area contributed by atoms with E-state index in [9.17, 15) is 4.39 Å². The van der Waals surface area contributed by atoms with Gasteiger partial charge in [-0.25, -0.2) is 9.38 Å². The molecule has 0 saturated heterocycles. The highest BCUT2D eigenvalue weighted by molar-refractivity contribution is 14.0. The second-order valence-electron chi connectivity index (χ2n) is 6.24. The highest BCUT2D eigenvalue weighted by Crippen LogP contribution is 2.18. The van der Waals surface area contributed by atoms with Crippen LogP contribution in [0.2, 0.25) is 0 Å². The zero-order chi connectivity index (χ0) is 18.2. The van der Waals surface area contributed by atoms with Crippen LogP contribution in [0, 0.1) is 5.82 Å². The number of rotatable bonds is 7. The van der Waals surface area contributed by atoms with Gasteiger partial charge in [-0.3, -0.25) is 0 Å². The zero-order valence-electron chi connectivity index (χ0n) is 15.8. The van der Waals surface area contributed by atoms with Crippen LogP contribution in [0.15, 0.2) is 40.7 Å². The van der Waals surface area contributed by atoms with Crippen molar-refractivity contribution in [1.82, 2.24) is 15.5 Å². The molecule has 0 bridgehead atoms. The van der Waals surface area contributed by atoms with Gasteiger partial charge in [0.05, 0.1) is 12.6 Å². The van der Waals surface area contributed by atoms with Crippen molar-refractivity contribution < 1.29 is 4.39 Å². The number of halogens is 2. The van der Waals surface area contributed by atoms with Gasteiger partial charge in [0.25, 0.3) is 0 Å². The molecule has 144 valence electrons. The van der Waals surface area contributed by atoms with E-state index in [0.717, 1.165) is 18.1 Å². The Kier molecular flexibility index (Phi) is 10.1. The monoisotopic (exact) mass is 490 g/mol. The molecule has 2 aromatic rings. The third-order valence-electron chi connectivity index (χ3n) is 3.68. The van der Waals surface area contributed by atoms with E-state index in [0.29, 0.717) is 18.7 Å². The van der Waals surface area contributed by atoms with Crippen LogP contribution < -0.4 is 10.6 Å². The number of hydrogen-bond donors (Lipinski definition) is 2. The molecule has 1 heterocycles. The Labute approximate surface area is 176 Å². The van der Waals surface area contributed by atoms with Crippen LogP contribution >= 0.6 is 35.3 Å². The van der Waals surface area contributed by atoms with Gasteiger partial charge >= 0.3 is 0 Å². The van der Waals surface area contributed by atoms with Crippen LogP contribution in [-0.4, -0.2) is 31.5 Å². The van der Waals surface area contributed by atoms with Gasteiger partial charge in [0.1, 0.15) is 5.82 Å². The van der Waals surface area contributed by atoms with Crippen molar-refractivity contribution in [2.24, 2.45) is 4.99 Å². The lowest BCUT2D eigenvalue weighted by Crippen LogP contribution is -2.38. The summed E-state index contributed by atoms with van der Waals surface area (Å²) in [6.07, 6.45) is 0.